The number of urea groups is 1. The van der Waals surface area contributed by atoms with E-state index in [-0.39, 0.29) is 12.1 Å². The number of thiazole rings is 1. The van der Waals surface area contributed by atoms with Crippen LogP contribution in [0.4, 0.5) is 4.79 Å². The number of halogens is 1. The van der Waals surface area contributed by atoms with Gasteiger partial charge >= 0.3 is 6.03 Å². The fourth-order valence-corrected chi connectivity index (χ4v) is 4.19. The van der Waals surface area contributed by atoms with Gasteiger partial charge in [0.15, 0.2) is 0 Å². The van der Waals surface area contributed by atoms with E-state index in [0.717, 1.165) is 40.7 Å². The van der Waals surface area contributed by atoms with Crippen molar-refractivity contribution in [3.8, 4) is 10.6 Å². The molecule has 0 spiro atoms. The van der Waals surface area contributed by atoms with Crippen molar-refractivity contribution < 1.29 is 4.79 Å². The van der Waals surface area contributed by atoms with Crippen molar-refractivity contribution in [2.45, 2.75) is 33.2 Å². The quantitative estimate of drug-likeness (QED) is 0.844. The molecular weight excluding hydrogens is 342 g/mol. The van der Waals surface area contributed by atoms with Crippen LogP contribution in [0.5, 0.6) is 0 Å². The van der Waals surface area contributed by atoms with Gasteiger partial charge in [0.25, 0.3) is 0 Å². The standard InChI is InChI=1S/C18H22ClN3OS/c1-11-8-9-22(10-11)18(23)21-13(3)16-12(2)20-17(24-16)14-4-6-15(19)7-5-14/h4-7,11,13H,8-10H2,1-3H3,(H,21,23). The van der Waals surface area contributed by atoms with Crippen LogP contribution < -0.4 is 5.32 Å². The molecule has 128 valence electrons. The van der Waals surface area contributed by atoms with Crippen LogP contribution in [0.15, 0.2) is 24.3 Å². The number of carbonyl (C=O) groups excluding carboxylic acids is 1. The maximum atomic E-state index is 12.4. The molecule has 6 heteroatoms. The number of amides is 2. The van der Waals surface area contributed by atoms with Crippen LogP contribution in [0, 0.1) is 12.8 Å². The second kappa shape index (κ2) is 7.11. The van der Waals surface area contributed by atoms with Gasteiger partial charge in [0, 0.05) is 23.7 Å². The molecule has 0 radical (unpaired) electrons. The Morgan fingerprint density at radius 1 is 1.42 bits per heavy atom. The zero-order valence-electron chi connectivity index (χ0n) is 14.2. The topological polar surface area (TPSA) is 45.2 Å². The first-order valence-electron chi connectivity index (χ1n) is 8.22. The molecule has 1 saturated heterocycles. The average Bonchev–Trinajstić information content (AvgIpc) is 3.14. The number of nitrogens with one attached hydrogen (secondary N) is 1. The van der Waals surface area contributed by atoms with Gasteiger partial charge in [-0.25, -0.2) is 9.78 Å². The van der Waals surface area contributed by atoms with Gasteiger partial charge in [-0.2, -0.15) is 0 Å². The number of aryl methyl sites for hydroxylation is 1. The van der Waals surface area contributed by atoms with Gasteiger partial charge < -0.3 is 10.2 Å². The molecule has 2 atom stereocenters. The molecule has 3 rings (SSSR count). The molecular formula is C18H22ClN3OS. The summed E-state index contributed by atoms with van der Waals surface area (Å²) in [6.45, 7) is 7.88. The minimum atomic E-state index is -0.0491. The Hall–Kier alpha value is -1.59. The highest BCUT2D eigenvalue weighted by Crippen LogP contribution is 2.32. The molecule has 0 saturated carbocycles. The highest BCUT2D eigenvalue weighted by molar-refractivity contribution is 7.15. The van der Waals surface area contributed by atoms with Crippen molar-refractivity contribution in [3.63, 3.8) is 0 Å². The number of carbonyl (C=O) groups is 1. The van der Waals surface area contributed by atoms with Gasteiger partial charge in [-0.3, -0.25) is 0 Å². The molecule has 0 bridgehead atoms. The summed E-state index contributed by atoms with van der Waals surface area (Å²) in [6.07, 6.45) is 1.09. The number of benzene rings is 1. The molecule has 1 aromatic carbocycles. The first-order valence-corrected chi connectivity index (χ1v) is 9.42. The van der Waals surface area contributed by atoms with Crippen LogP contribution >= 0.6 is 22.9 Å². The van der Waals surface area contributed by atoms with E-state index in [1.54, 1.807) is 11.3 Å². The molecule has 24 heavy (non-hydrogen) atoms. The Labute approximate surface area is 151 Å². The normalized spacial score (nSPS) is 18.7. The summed E-state index contributed by atoms with van der Waals surface area (Å²) in [7, 11) is 0. The summed E-state index contributed by atoms with van der Waals surface area (Å²) in [4.78, 5) is 20.0. The van der Waals surface area contributed by atoms with Crippen LogP contribution in [-0.4, -0.2) is 29.0 Å². The van der Waals surface area contributed by atoms with Crippen molar-refractivity contribution >= 4 is 29.0 Å². The van der Waals surface area contributed by atoms with Crippen LogP contribution in [0.3, 0.4) is 0 Å². The molecule has 1 aromatic heterocycles. The Balaban J connectivity index is 1.72. The predicted molar refractivity (Wildman–Crippen MR) is 99.6 cm³/mol. The van der Waals surface area contributed by atoms with E-state index in [9.17, 15) is 4.79 Å². The summed E-state index contributed by atoms with van der Waals surface area (Å²) in [6, 6.07) is 7.65. The number of rotatable bonds is 3. The van der Waals surface area contributed by atoms with E-state index >= 15 is 0 Å². The Morgan fingerprint density at radius 3 is 2.75 bits per heavy atom. The van der Waals surface area contributed by atoms with E-state index in [2.05, 4.69) is 17.2 Å². The maximum Gasteiger partial charge on any atom is 0.317 e. The average molecular weight is 364 g/mol. The Kier molecular flexibility index (Phi) is 5.11. The van der Waals surface area contributed by atoms with Crippen LogP contribution in [0.25, 0.3) is 10.6 Å². The number of hydrogen-bond donors (Lipinski definition) is 1. The minimum Gasteiger partial charge on any atom is -0.331 e. The molecule has 1 aliphatic rings. The summed E-state index contributed by atoms with van der Waals surface area (Å²) in [5, 5.41) is 4.78. The SMILES string of the molecule is Cc1nc(-c2ccc(Cl)cc2)sc1C(C)NC(=O)N1CCC(C)C1. The molecule has 2 aromatic rings. The largest absolute Gasteiger partial charge is 0.331 e. The summed E-state index contributed by atoms with van der Waals surface area (Å²) < 4.78 is 0. The van der Waals surface area contributed by atoms with Gasteiger partial charge in [-0.05, 0) is 38.3 Å². The lowest BCUT2D eigenvalue weighted by Gasteiger charge is -2.20. The fourth-order valence-electron chi connectivity index (χ4n) is 2.99. The van der Waals surface area contributed by atoms with Crippen molar-refractivity contribution in [1.29, 1.82) is 0 Å². The van der Waals surface area contributed by atoms with E-state index in [0.29, 0.717) is 10.9 Å². The number of aromatic nitrogens is 1. The molecule has 1 aliphatic heterocycles. The second-order valence-corrected chi connectivity index (χ2v) is 7.95. The van der Waals surface area contributed by atoms with E-state index in [1.807, 2.05) is 43.0 Å². The summed E-state index contributed by atoms with van der Waals surface area (Å²) in [5.41, 5.74) is 2.01. The number of likely N-dealkylation sites (tertiary alicyclic amines) is 1. The third-order valence-corrected chi connectivity index (χ3v) is 6.01. The lowest BCUT2D eigenvalue weighted by Crippen LogP contribution is -2.39. The molecule has 1 fully saturated rings. The molecule has 0 aliphatic carbocycles. The van der Waals surface area contributed by atoms with E-state index < -0.39 is 0 Å². The van der Waals surface area contributed by atoms with Crippen LogP contribution in [0.1, 0.15) is 36.9 Å². The maximum absolute atomic E-state index is 12.4. The van der Waals surface area contributed by atoms with E-state index in [1.165, 1.54) is 0 Å². The Bertz CT molecular complexity index is 728. The van der Waals surface area contributed by atoms with Crippen molar-refractivity contribution in [3.05, 3.63) is 39.9 Å². The highest BCUT2D eigenvalue weighted by atomic mass is 35.5. The van der Waals surface area contributed by atoms with Gasteiger partial charge in [0.05, 0.1) is 16.6 Å². The smallest absolute Gasteiger partial charge is 0.317 e. The fraction of sp³-hybridized carbons (Fsp3) is 0.444. The monoisotopic (exact) mass is 363 g/mol. The second-order valence-electron chi connectivity index (χ2n) is 6.49. The van der Waals surface area contributed by atoms with E-state index in [4.69, 9.17) is 11.6 Å². The molecule has 4 nitrogen and oxygen atoms in total. The first-order chi connectivity index (χ1) is 11.4. The Morgan fingerprint density at radius 2 is 2.12 bits per heavy atom. The molecule has 1 N–H and O–H groups in total. The predicted octanol–water partition coefficient (Wildman–Crippen LogP) is 4.88. The number of hydrogen-bond acceptors (Lipinski definition) is 3. The lowest BCUT2D eigenvalue weighted by molar-refractivity contribution is 0.204. The summed E-state index contributed by atoms with van der Waals surface area (Å²) >= 11 is 7.57. The van der Waals surface area contributed by atoms with Gasteiger partial charge in [-0.1, -0.05) is 30.7 Å². The van der Waals surface area contributed by atoms with Crippen LogP contribution in [0.2, 0.25) is 5.02 Å². The van der Waals surface area contributed by atoms with Gasteiger partial charge in [0.2, 0.25) is 0 Å². The first kappa shape index (κ1) is 17.2. The number of nitrogens with zero attached hydrogens (tertiary/aromatic N) is 2. The van der Waals surface area contributed by atoms with Crippen LogP contribution in [-0.2, 0) is 0 Å². The van der Waals surface area contributed by atoms with Crippen molar-refractivity contribution in [1.82, 2.24) is 15.2 Å². The summed E-state index contributed by atoms with van der Waals surface area (Å²) in [5.74, 6) is 0.590. The van der Waals surface area contributed by atoms with Crippen molar-refractivity contribution in [2.24, 2.45) is 5.92 Å². The molecule has 2 unspecified atom stereocenters. The van der Waals surface area contributed by atoms with Crippen molar-refractivity contribution in [2.75, 3.05) is 13.1 Å². The molecule has 2 amide bonds. The molecule has 2 heterocycles. The zero-order valence-corrected chi connectivity index (χ0v) is 15.7. The third-order valence-electron chi connectivity index (χ3n) is 4.37. The van der Waals surface area contributed by atoms with Gasteiger partial charge in [-0.15, -0.1) is 11.3 Å². The lowest BCUT2D eigenvalue weighted by atomic mass is 10.2. The van der Waals surface area contributed by atoms with Gasteiger partial charge in [0.1, 0.15) is 5.01 Å². The third kappa shape index (κ3) is 3.73. The zero-order chi connectivity index (χ0) is 17.3. The highest BCUT2D eigenvalue weighted by Gasteiger charge is 2.25. The minimum absolute atomic E-state index is 0.0210.